The molecule has 0 aliphatic carbocycles. The highest BCUT2D eigenvalue weighted by Crippen LogP contribution is 2.35. The second-order valence-corrected chi connectivity index (χ2v) is 6.63. The molecule has 2 saturated heterocycles. The first kappa shape index (κ1) is 12.5. The molecule has 4 rings (SSSR count). The Hall–Kier alpha value is -1.22. The molecular formula is C17H25N3. The molecule has 0 aromatic heterocycles. The lowest BCUT2D eigenvalue weighted by atomic mass is 9.98. The quantitative estimate of drug-likeness (QED) is 0.847. The lowest BCUT2D eigenvalue weighted by Gasteiger charge is -2.44. The fraction of sp³-hybridized carbons (Fsp3) is 0.647. The van der Waals surface area contributed by atoms with Gasteiger partial charge in [0.05, 0.1) is 0 Å². The Labute approximate surface area is 121 Å². The van der Waals surface area contributed by atoms with Gasteiger partial charge in [-0.3, -0.25) is 4.90 Å². The van der Waals surface area contributed by atoms with Crippen LogP contribution in [0.4, 0.5) is 11.4 Å². The van der Waals surface area contributed by atoms with Crippen molar-refractivity contribution >= 4 is 11.4 Å². The van der Waals surface area contributed by atoms with Gasteiger partial charge in [0.2, 0.25) is 0 Å². The van der Waals surface area contributed by atoms with E-state index in [1.54, 1.807) is 5.56 Å². The van der Waals surface area contributed by atoms with Crippen molar-refractivity contribution in [3.63, 3.8) is 0 Å². The highest BCUT2D eigenvalue weighted by atomic mass is 15.3. The summed E-state index contributed by atoms with van der Waals surface area (Å²) in [6.07, 6.45) is 5.27. The first-order valence-corrected chi connectivity index (χ1v) is 8.19. The number of piperazine rings is 1. The molecule has 1 aromatic rings. The SMILES string of the molecule is CC1CN2CCCC2CN1c1cccc2c1CCCN2. The van der Waals surface area contributed by atoms with E-state index in [0.29, 0.717) is 6.04 Å². The number of fused-ring (bicyclic) bond motifs is 2. The maximum absolute atomic E-state index is 3.57. The number of nitrogens with one attached hydrogen (secondary N) is 1. The van der Waals surface area contributed by atoms with Crippen molar-refractivity contribution in [2.75, 3.05) is 36.4 Å². The van der Waals surface area contributed by atoms with E-state index in [9.17, 15) is 0 Å². The molecule has 0 radical (unpaired) electrons. The van der Waals surface area contributed by atoms with Gasteiger partial charge >= 0.3 is 0 Å². The summed E-state index contributed by atoms with van der Waals surface area (Å²) in [5.41, 5.74) is 4.42. The topological polar surface area (TPSA) is 18.5 Å². The number of anilines is 2. The third-order valence-corrected chi connectivity index (χ3v) is 5.32. The zero-order valence-electron chi connectivity index (χ0n) is 12.4. The predicted octanol–water partition coefficient (Wildman–Crippen LogP) is 2.72. The Bertz CT molecular complexity index is 499. The Balaban J connectivity index is 1.66. The fourth-order valence-electron chi connectivity index (χ4n) is 4.28. The Morgan fingerprint density at radius 2 is 2.15 bits per heavy atom. The number of hydrogen-bond donors (Lipinski definition) is 1. The second kappa shape index (κ2) is 4.96. The summed E-state index contributed by atoms with van der Waals surface area (Å²) in [7, 11) is 0. The Kier molecular flexibility index (Phi) is 3.10. The summed E-state index contributed by atoms with van der Waals surface area (Å²) in [5, 5.41) is 3.57. The molecule has 0 saturated carbocycles. The average Bonchev–Trinajstić information content (AvgIpc) is 2.93. The van der Waals surface area contributed by atoms with Gasteiger partial charge in [-0.15, -0.1) is 0 Å². The molecule has 2 fully saturated rings. The fourth-order valence-corrected chi connectivity index (χ4v) is 4.28. The van der Waals surface area contributed by atoms with Crippen molar-refractivity contribution in [3.05, 3.63) is 23.8 Å². The van der Waals surface area contributed by atoms with Crippen molar-refractivity contribution in [2.24, 2.45) is 0 Å². The van der Waals surface area contributed by atoms with Gasteiger partial charge in [-0.2, -0.15) is 0 Å². The molecule has 0 bridgehead atoms. The van der Waals surface area contributed by atoms with Crippen molar-refractivity contribution in [3.8, 4) is 0 Å². The lowest BCUT2D eigenvalue weighted by molar-refractivity contribution is 0.203. The van der Waals surface area contributed by atoms with Crippen LogP contribution in [0.1, 0.15) is 31.7 Å². The molecular weight excluding hydrogens is 246 g/mol. The molecule has 1 N–H and O–H groups in total. The molecule has 3 aliphatic heterocycles. The maximum atomic E-state index is 3.57. The van der Waals surface area contributed by atoms with Gasteiger partial charge in [-0.25, -0.2) is 0 Å². The van der Waals surface area contributed by atoms with Crippen LogP contribution in [-0.2, 0) is 6.42 Å². The molecule has 3 heteroatoms. The zero-order valence-corrected chi connectivity index (χ0v) is 12.4. The van der Waals surface area contributed by atoms with E-state index < -0.39 is 0 Å². The highest BCUT2D eigenvalue weighted by Gasteiger charge is 2.35. The van der Waals surface area contributed by atoms with Crippen LogP contribution in [-0.4, -0.2) is 43.2 Å². The normalized spacial score (nSPS) is 29.8. The first-order chi connectivity index (χ1) is 9.83. The van der Waals surface area contributed by atoms with Gasteiger partial charge in [0, 0.05) is 43.1 Å². The number of hydrogen-bond acceptors (Lipinski definition) is 3. The standard InChI is InChI=1S/C17H25N3/c1-13-11-19-10-4-5-14(19)12-20(13)17-8-2-7-16-15(17)6-3-9-18-16/h2,7-8,13-14,18H,3-6,9-12H2,1H3. The van der Waals surface area contributed by atoms with Crippen LogP contribution in [0.2, 0.25) is 0 Å². The predicted molar refractivity (Wildman–Crippen MR) is 84.7 cm³/mol. The molecule has 0 amide bonds. The molecule has 3 nitrogen and oxygen atoms in total. The smallest absolute Gasteiger partial charge is 0.0422 e. The van der Waals surface area contributed by atoms with E-state index in [1.807, 2.05) is 0 Å². The lowest BCUT2D eigenvalue weighted by Crippen LogP contribution is -2.55. The molecule has 108 valence electrons. The van der Waals surface area contributed by atoms with E-state index in [2.05, 4.69) is 40.2 Å². The van der Waals surface area contributed by atoms with Gasteiger partial charge < -0.3 is 10.2 Å². The first-order valence-electron chi connectivity index (χ1n) is 8.19. The zero-order chi connectivity index (χ0) is 13.5. The van der Waals surface area contributed by atoms with Crippen LogP contribution in [0.5, 0.6) is 0 Å². The molecule has 3 aliphatic rings. The van der Waals surface area contributed by atoms with E-state index in [4.69, 9.17) is 0 Å². The number of rotatable bonds is 1. The molecule has 20 heavy (non-hydrogen) atoms. The van der Waals surface area contributed by atoms with E-state index >= 15 is 0 Å². The van der Waals surface area contributed by atoms with E-state index in [1.165, 1.54) is 56.7 Å². The molecule has 0 spiro atoms. The maximum Gasteiger partial charge on any atom is 0.0422 e. The third kappa shape index (κ3) is 1.99. The van der Waals surface area contributed by atoms with Crippen LogP contribution < -0.4 is 10.2 Å². The Morgan fingerprint density at radius 1 is 1.20 bits per heavy atom. The second-order valence-electron chi connectivity index (χ2n) is 6.63. The van der Waals surface area contributed by atoms with Crippen LogP contribution in [0.25, 0.3) is 0 Å². The monoisotopic (exact) mass is 271 g/mol. The van der Waals surface area contributed by atoms with Gasteiger partial charge in [-0.05, 0) is 56.8 Å². The van der Waals surface area contributed by atoms with Crippen LogP contribution >= 0.6 is 0 Å². The van der Waals surface area contributed by atoms with Crippen LogP contribution in [0.15, 0.2) is 18.2 Å². The van der Waals surface area contributed by atoms with Crippen molar-refractivity contribution in [2.45, 2.75) is 44.7 Å². The third-order valence-electron chi connectivity index (χ3n) is 5.32. The summed E-state index contributed by atoms with van der Waals surface area (Å²) in [6, 6.07) is 8.23. The minimum absolute atomic E-state index is 0.637. The van der Waals surface area contributed by atoms with Gasteiger partial charge in [0.15, 0.2) is 0 Å². The molecule has 1 aromatic carbocycles. The van der Waals surface area contributed by atoms with Crippen LogP contribution in [0.3, 0.4) is 0 Å². The molecule has 2 atom stereocenters. The minimum Gasteiger partial charge on any atom is -0.385 e. The van der Waals surface area contributed by atoms with E-state index in [0.717, 1.165) is 12.6 Å². The van der Waals surface area contributed by atoms with Gasteiger partial charge in [-0.1, -0.05) is 6.07 Å². The highest BCUT2D eigenvalue weighted by molar-refractivity contribution is 5.68. The summed E-state index contributed by atoms with van der Waals surface area (Å²) >= 11 is 0. The summed E-state index contributed by atoms with van der Waals surface area (Å²) in [6.45, 7) is 7.29. The van der Waals surface area contributed by atoms with Crippen LogP contribution in [0, 0.1) is 0 Å². The van der Waals surface area contributed by atoms with Crippen molar-refractivity contribution in [1.82, 2.24) is 4.90 Å². The van der Waals surface area contributed by atoms with Crippen molar-refractivity contribution < 1.29 is 0 Å². The average molecular weight is 271 g/mol. The number of nitrogens with zero attached hydrogens (tertiary/aromatic N) is 2. The molecule has 3 heterocycles. The minimum atomic E-state index is 0.637. The van der Waals surface area contributed by atoms with Crippen molar-refractivity contribution in [1.29, 1.82) is 0 Å². The summed E-state index contributed by atoms with van der Waals surface area (Å²) in [5.74, 6) is 0. The molecule has 2 unspecified atom stereocenters. The largest absolute Gasteiger partial charge is 0.385 e. The van der Waals surface area contributed by atoms with Gasteiger partial charge in [0.25, 0.3) is 0 Å². The van der Waals surface area contributed by atoms with E-state index in [-0.39, 0.29) is 0 Å². The summed E-state index contributed by atoms with van der Waals surface area (Å²) < 4.78 is 0. The Morgan fingerprint density at radius 3 is 3.10 bits per heavy atom. The number of benzene rings is 1. The summed E-state index contributed by atoms with van der Waals surface area (Å²) in [4.78, 5) is 5.38. The van der Waals surface area contributed by atoms with Gasteiger partial charge in [0.1, 0.15) is 0 Å².